The lowest BCUT2D eigenvalue weighted by Gasteiger charge is -2.20. The minimum Gasteiger partial charge on any atom is -0.341 e. The van der Waals surface area contributed by atoms with Crippen LogP contribution in [0.4, 0.5) is 11.4 Å². The van der Waals surface area contributed by atoms with Crippen molar-refractivity contribution in [2.24, 2.45) is 5.92 Å². The standard InChI is InChI=1S/C22H29N3O4S/c1-5-30(28,29)25-19-12-11-18(14-16(19)4)23-22(27)21(17-9-7-6-8-10-17)24-20(26)13-15(2)3/h6-12,14-15,21,25H,5,13H2,1-4H3,(H,23,27)(H,24,26). The molecule has 0 aliphatic heterocycles. The molecule has 0 saturated carbocycles. The van der Waals surface area contributed by atoms with E-state index in [2.05, 4.69) is 15.4 Å². The second-order valence-corrected chi connectivity index (χ2v) is 9.54. The average Bonchev–Trinajstić information content (AvgIpc) is 2.68. The van der Waals surface area contributed by atoms with Crippen molar-refractivity contribution in [3.05, 3.63) is 59.7 Å². The number of sulfonamides is 1. The molecule has 162 valence electrons. The smallest absolute Gasteiger partial charge is 0.251 e. The van der Waals surface area contributed by atoms with Gasteiger partial charge in [-0.15, -0.1) is 0 Å². The maximum Gasteiger partial charge on any atom is 0.251 e. The summed E-state index contributed by atoms with van der Waals surface area (Å²) < 4.78 is 26.1. The molecule has 0 aromatic heterocycles. The lowest BCUT2D eigenvalue weighted by Crippen LogP contribution is -2.37. The molecule has 0 aliphatic carbocycles. The first kappa shape index (κ1) is 23.4. The molecule has 0 aliphatic rings. The summed E-state index contributed by atoms with van der Waals surface area (Å²) in [6.45, 7) is 7.19. The fraction of sp³-hybridized carbons (Fsp3) is 0.364. The molecule has 30 heavy (non-hydrogen) atoms. The van der Waals surface area contributed by atoms with Gasteiger partial charge in [-0.05, 0) is 49.1 Å². The van der Waals surface area contributed by atoms with Gasteiger partial charge in [0.25, 0.3) is 5.91 Å². The van der Waals surface area contributed by atoms with Crippen LogP contribution in [0.2, 0.25) is 0 Å². The van der Waals surface area contributed by atoms with Crippen LogP contribution in [0.5, 0.6) is 0 Å². The molecule has 0 spiro atoms. The number of carbonyl (C=O) groups excluding carboxylic acids is 2. The monoisotopic (exact) mass is 431 g/mol. The largest absolute Gasteiger partial charge is 0.341 e. The van der Waals surface area contributed by atoms with Crippen molar-refractivity contribution in [2.75, 3.05) is 15.8 Å². The van der Waals surface area contributed by atoms with Crippen LogP contribution in [0.1, 0.15) is 44.4 Å². The third-order valence-electron chi connectivity index (χ3n) is 4.43. The van der Waals surface area contributed by atoms with Gasteiger partial charge >= 0.3 is 0 Å². The lowest BCUT2D eigenvalue weighted by atomic mass is 10.0. The number of hydrogen-bond acceptors (Lipinski definition) is 4. The molecule has 3 N–H and O–H groups in total. The van der Waals surface area contributed by atoms with Gasteiger partial charge in [-0.1, -0.05) is 44.2 Å². The van der Waals surface area contributed by atoms with E-state index in [1.807, 2.05) is 32.0 Å². The normalized spacial score (nSPS) is 12.3. The van der Waals surface area contributed by atoms with E-state index in [1.54, 1.807) is 44.2 Å². The zero-order valence-corrected chi connectivity index (χ0v) is 18.5. The van der Waals surface area contributed by atoms with E-state index in [0.29, 0.717) is 28.9 Å². The van der Waals surface area contributed by atoms with Crippen LogP contribution in [0.15, 0.2) is 48.5 Å². The first-order chi connectivity index (χ1) is 14.1. The van der Waals surface area contributed by atoms with Crippen molar-refractivity contribution in [2.45, 2.75) is 40.2 Å². The van der Waals surface area contributed by atoms with E-state index < -0.39 is 16.1 Å². The summed E-state index contributed by atoms with van der Waals surface area (Å²) in [6, 6.07) is 13.1. The van der Waals surface area contributed by atoms with Crippen LogP contribution in [0, 0.1) is 12.8 Å². The summed E-state index contributed by atoms with van der Waals surface area (Å²) in [4.78, 5) is 25.3. The minimum absolute atomic E-state index is 0.0280. The molecule has 7 nitrogen and oxygen atoms in total. The van der Waals surface area contributed by atoms with Gasteiger partial charge in [0.2, 0.25) is 15.9 Å². The maximum absolute atomic E-state index is 13.0. The highest BCUT2D eigenvalue weighted by molar-refractivity contribution is 7.92. The molecule has 2 rings (SSSR count). The molecule has 8 heteroatoms. The molecule has 2 aromatic carbocycles. The molecule has 0 bridgehead atoms. The third kappa shape index (κ3) is 6.88. The van der Waals surface area contributed by atoms with Crippen molar-refractivity contribution < 1.29 is 18.0 Å². The van der Waals surface area contributed by atoms with Crippen molar-refractivity contribution in [3.8, 4) is 0 Å². The van der Waals surface area contributed by atoms with Crippen LogP contribution in [-0.2, 0) is 19.6 Å². The van der Waals surface area contributed by atoms with Gasteiger partial charge in [-0.2, -0.15) is 0 Å². The Kier molecular flexibility index (Phi) is 8.00. The molecule has 1 unspecified atom stereocenters. The van der Waals surface area contributed by atoms with Gasteiger partial charge in [0.15, 0.2) is 0 Å². The Morgan fingerprint density at radius 1 is 1.03 bits per heavy atom. The fourth-order valence-corrected chi connectivity index (χ4v) is 3.55. The Morgan fingerprint density at radius 3 is 2.27 bits per heavy atom. The fourth-order valence-electron chi connectivity index (χ4n) is 2.85. The average molecular weight is 432 g/mol. The predicted molar refractivity (Wildman–Crippen MR) is 120 cm³/mol. The molecule has 2 aromatic rings. The van der Waals surface area contributed by atoms with Crippen LogP contribution in [0.25, 0.3) is 0 Å². The highest BCUT2D eigenvalue weighted by atomic mass is 32.2. The quantitative estimate of drug-likeness (QED) is 0.564. The summed E-state index contributed by atoms with van der Waals surface area (Å²) in [7, 11) is -3.39. The van der Waals surface area contributed by atoms with Crippen molar-refractivity contribution in [1.82, 2.24) is 5.32 Å². The molecule has 1 atom stereocenters. The molecule has 0 radical (unpaired) electrons. The molecule has 0 heterocycles. The third-order valence-corrected chi connectivity index (χ3v) is 5.72. The number of hydrogen-bond donors (Lipinski definition) is 3. The Hall–Kier alpha value is -2.87. The number of anilines is 2. The number of nitrogens with one attached hydrogen (secondary N) is 3. The van der Waals surface area contributed by atoms with Crippen molar-refractivity contribution in [1.29, 1.82) is 0 Å². The topological polar surface area (TPSA) is 104 Å². The van der Waals surface area contributed by atoms with Gasteiger partial charge in [0.05, 0.1) is 11.4 Å². The second kappa shape index (κ2) is 10.2. The van der Waals surface area contributed by atoms with Crippen LogP contribution in [0.3, 0.4) is 0 Å². The number of aryl methyl sites for hydroxylation is 1. The zero-order valence-electron chi connectivity index (χ0n) is 17.7. The van der Waals surface area contributed by atoms with Gasteiger partial charge in [0, 0.05) is 12.1 Å². The SMILES string of the molecule is CCS(=O)(=O)Nc1ccc(NC(=O)C(NC(=O)CC(C)C)c2ccccc2)cc1C. The number of carbonyl (C=O) groups is 2. The Bertz CT molecular complexity index is 989. The Balaban J connectivity index is 2.20. The van der Waals surface area contributed by atoms with E-state index in [9.17, 15) is 18.0 Å². The van der Waals surface area contributed by atoms with Gasteiger partial charge < -0.3 is 10.6 Å². The van der Waals surface area contributed by atoms with E-state index in [1.165, 1.54) is 0 Å². The van der Waals surface area contributed by atoms with Gasteiger partial charge in [0.1, 0.15) is 6.04 Å². The minimum atomic E-state index is -3.39. The molecular weight excluding hydrogens is 402 g/mol. The number of benzene rings is 2. The maximum atomic E-state index is 13.0. The first-order valence-corrected chi connectivity index (χ1v) is 11.5. The highest BCUT2D eigenvalue weighted by Crippen LogP contribution is 2.23. The molecule has 0 fully saturated rings. The molecule has 0 saturated heterocycles. The van der Waals surface area contributed by atoms with Gasteiger partial charge in [-0.3, -0.25) is 14.3 Å². The summed E-state index contributed by atoms with van der Waals surface area (Å²) in [5.41, 5.74) is 2.32. The van der Waals surface area contributed by atoms with E-state index in [-0.39, 0.29) is 23.5 Å². The van der Waals surface area contributed by atoms with Crippen LogP contribution >= 0.6 is 0 Å². The Morgan fingerprint density at radius 2 is 1.70 bits per heavy atom. The number of amides is 2. The van der Waals surface area contributed by atoms with E-state index >= 15 is 0 Å². The van der Waals surface area contributed by atoms with E-state index in [0.717, 1.165) is 0 Å². The van der Waals surface area contributed by atoms with Gasteiger partial charge in [-0.25, -0.2) is 8.42 Å². The highest BCUT2D eigenvalue weighted by Gasteiger charge is 2.23. The Labute approximate surface area is 178 Å². The molecule has 2 amide bonds. The predicted octanol–water partition coefficient (Wildman–Crippen LogP) is 3.60. The van der Waals surface area contributed by atoms with Crippen molar-refractivity contribution in [3.63, 3.8) is 0 Å². The van der Waals surface area contributed by atoms with Crippen LogP contribution < -0.4 is 15.4 Å². The van der Waals surface area contributed by atoms with Crippen molar-refractivity contribution >= 4 is 33.2 Å². The lowest BCUT2D eigenvalue weighted by molar-refractivity contribution is -0.127. The zero-order chi connectivity index (χ0) is 22.3. The molecular formula is C22H29N3O4S. The van der Waals surface area contributed by atoms with Crippen LogP contribution in [-0.4, -0.2) is 26.0 Å². The summed E-state index contributed by atoms with van der Waals surface area (Å²) in [5.74, 6) is -0.430. The number of rotatable bonds is 9. The van der Waals surface area contributed by atoms with E-state index in [4.69, 9.17) is 0 Å². The summed E-state index contributed by atoms with van der Waals surface area (Å²) >= 11 is 0. The summed E-state index contributed by atoms with van der Waals surface area (Å²) in [5, 5.41) is 5.62. The summed E-state index contributed by atoms with van der Waals surface area (Å²) in [6.07, 6.45) is 0.321. The second-order valence-electron chi connectivity index (χ2n) is 7.53. The first-order valence-electron chi connectivity index (χ1n) is 9.87.